The van der Waals surface area contributed by atoms with Crippen molar-refractivity contribution in [3.63, 3.8) is 0 Å². The largest absolute Gasteiger partial charge is 0.328 e. The lowest BCUT2D eigenvalue weighted by Gasteiger charge is -2.03. The van der Waals surface area contributed by atoms with Crippen LogP contribution in [0.25, 0.3) is 45.0 Å². The minimum atomic E-state index is -4.37. The summed E-state index contributed by atoms with van der Waals surface area (Å²) in [6.45, 7) is 0. The van der Waals surface area contributed by atoms with Crippen molar-refractivity contribution >= 4 is 19.7 Å². The Balaban J connectivity index is 1.34. The number of halogens is 4. The normalized spacial score (nSPS) is 12.0. The van der Waals surface area contributed by atoms with Gasteiger partial charge in [-0.05, 0) is 97.1 Å². The molecule has 0 fully saturated rings. The Labute approximate surface area is 260 Å². The molecule has 234 valence electrons. The highest BCUT2D eigenvalue weighted by Gasteiger charge is 2.29. The molecule has 14 heteroatoms. The van der Waals surface area contributed by atoms with E-state index in [1.807, 2.05) is 0 Å². The number of imidazole rings is 2. The Bertz CT molecular complexity index is 1960. The van der Waals surface area contributed by atoms with Crippen molar-refractivity contribution in [3.8, 4) is 45.0 Å². The zero-order valence-electron chi connectivity index (χ0n) is 23.5. The van der Waals surface area contributed by atoms with Gasteiger partial charge in [-0.3, -0.25) is 0 Å². The number of H-pyrrole nitrogens is 2. The van der Waals surface area contributed by atoms with Gasteiger partial charge >= 0.3 is 0 Å². The van der Waals surface area contributed by atoms with E-state index in [0.717, 1.165) is 0 Å². The molecule has 6 rings (SSSR count). The first-order valence-corrected chi connectivity index (χ1v) is 16.9. The van der Waals surface area contributed by atoms with Gasteiger partial charge in [0, 0.05) is 22.3 Å². The van der Waals surface area contributed by atoms with Gasteiger partial charge in [-0.25, -0.2) is 44.4 Å². The van der Waals surface area contributed by atoms with Gasteiger partial charge in [-0.15, -0.1) is 0 Å². The van der Waals surface area contributed by atoms with Gasteiger partial charge in [0.05, 0.1) is 34.3 Å². The standard InChI is InChI=1S/C32H22F4N4O4S2/c33-23-9-1-19(2-10-23)27-28(20-3-11-24(34)12-4-20)38-31(37-27)45(41,42)17-18-46(43,44)32-39-29(21-5-13-25(35)14-6-21)30(40-32)22-7-15-26(36)16-8-22/h1-16H,17-18H2,(H,37,38)(H,39,40). The smallest absolute Gasteiger partial charge is 0.226 e. The molecule has 8 nitrogen and oxygen atoms in total. The van der Waals surface area contributed by atoms with E-state index in [9.17, 15) is 34.4 Å². The van der Waals surface area contributed by atoms with Crippen LogP contribution in [0.5, 0.6) is 0 Å². The van der Waals surface area contributed by atoms with E-state index in [1.165, 1.54) is 97.1 Å². The molecule has 0 saturated heterocycles. The molecule has 0 radical (unpaired) electrons. The molecule has 0 saturated carbocycles. The van der Waals surface area contributed by atoms with Crippen LogP contribution < -0.4 is 0 Å². The zero-order valence-corrected chi connectivity index (χ0v) is 25.1. The first-order valence-electron chi connectivity index (χ1n) is 13.6. The van der Waals surface area contributed by atoms with Crippen molar-refractivity contribution in [2.24, 2.45) is 0 Å². The predicted molar refractivity (Wildman–Crippen MR) is 163 cm³/mol. The molecule has 0 spiro atoms. The fourth-order valence-electron chi connectivity index (χ4n) is 4.69. The molecular formula is C32H22F4N4O4S2. The van der Waals surface area contributed by atoms with Gasteiger partial charge < -0.3 is 9.97 Å². The molecule has 0 unspecified atom stereocenters. The predicted octanol–water partition coefficient (Wildman–Crippen LogP) is 6.60. The third-order valence-corrected chi connectivity index (χ3v) is 10.4. The van der Waals surface area contributed by atoms with Crippen LogP contribution in [-0.2, 0) is 19.7 Å². The summed E-state index contributed by atoms with van der Waals surface area (Å²) in [5, 5.41) is -1.08. The Kier molecular flexibility index (Phi) is 8.08. The first kappa shape index (κ1) is 30.9. The van der Waals surface area contributed by atoms with Crippen molar-refractivity contribution in [1.29, 1.82) is 0 Å². The monoisotopic (exact) mass is 666 g/mol. The molecule has 0 atom stereocenters. The lowest BCUT2D eigenvalue weighted by molar-refractivity contribution is 0.580. The van der Waals surface area contributed by atoms with Crippen LogP contribution in [0.15, 0.2) is 107 Å². The van der Waals surface area contributed by atoms with Crippen molar-refractivity contribution in [2.75, 3.05) is 11.5 Å². The number of rotatable bonds is 9. The van der Waals surface area contributed by atoms with Crippen molar-refractivity contribution in [3.05, 3.63) is 120 Å². The lowest BCUT2D eigenvalue weighted by Crippen LogP contribution is -2.19. The van der Waals surface area contributed by atoms with Crippen LogP contribution in [0.2, 0.25) is 0 Å². The lowest BCUT2D eigenvalue weighted by atomic mass is 10.1. The molecule has 6 aromatic rings. The number of nitrogens with zero attached hydrogens (tertiary/aromatic N) is 2. The van der Waals surface area contributed by atoms with Crippen LogP contribution in [0.4, 0.5) is 17.6 Å². The van der Waals surface area contributed by atoms with Gasteiger partial charge in [0.2, 0.25) is 30.0 Å². The summed E-state index contributed by atoms with van der Waals surface area (Å²) in [4.78, 5) is 13.9. The molecule has 0 aliphatic carbocycles. The molecule has 46 heavy (non-hydrogen) atoms. The van der Waals surface area contributed by atoms with Gasteiger partial charge in [-0.1, -0.05) is 0 Å². The van der Waals surface area contributed by atoms with E-state index in [1.54, 1.807) is 0 Å². The second-order valence-corrected chi connectivity index (χ2v) is 14.2. The number of sulfone groups is 2. The van der Waals surface area contributed by atoms with E-state index >= 15 is 0 Å². The fourth-order valence-corrected chi connectivity index (χ4v) is 7.81. The van der Waals surface area contributed by atoms with Crippen molar-refractivity contribution < 1.29 is 34.4 Å². The van der Waals surface area contributed by atoms with Gasteiger partial charge in [0.15, 0.2) is 0 Å². The third-order valence-electron chi connectivity index (χ3n) is 7.08. The molecule has 2 N–H and O–H groups in total. The molecule has 2 aromatic heterocycles. The van der Waals surface area contributed by atoms with E-state index in [4.69, 9.17) is 0 Å². The molecule has 0 amide bonds. The summed E-state index contributed by atoms with van der Waals surface area (Å²) in [5.74, 6) is -3.88. The minimum Gasteiger partial charge on any atom is -0.328 e. The number of aromatic nitrogens is 4. The van der Waals surface area contributed by atoms with Gasteiger partial charge in [-0.2, -0.15) is 0 Å². The minimum absolute atomic E-state index is 0.131. The Morgan fingerprint density at radius 1 is 0.435 bits per heavy atom. The molecule has 2 heterocycles. The van der Waals surface area contributed by atoms with E-state index in [-0.39, 0.29) is 22.8 Å². The second-order valence-electron chi connectivity index (χ2n) is 10.2. The summed E-state index contributed by atoms with van der Waals surface area (Å²) in [6.07, 6.45) is 0. The zero-order chi connectivity index (χ0) is 32.6. The second kappa shape index (κ2) is 12.0. The third kappa shape index (κ3) is 6.34. The number of hydrogen-bond acceptors (Lipinski definition) is 6. The molecular weight excluding hydrogens is 645 g/mol. The highest BCUT2D eigenvalue weighted by Crippen LogP contribution is 2.34. The first-order chi connectivity index (χ1) is 21.9. The number of hydrogen-bond donors (Lipinski definition) is 2. The van der Waals surface area contributed by atoms with Crippen LogP contribution in [0.3, 0.4) is 0 Å². The number of nitrogens with one attached hydrogen (secondary N) is 2. The maximum absolute atomic E-state index is 13.6. The van der Waals surface area contributed by atoms with Crippen LogP contribution in [-0.4, -0.2) is 48.3 Å². The Morgan fingerprint density at radius 2 is 0.696 bits per heavy atom. The van der Waals surface area contributed by atoms with E-state index < -0.39 is 64.8 Å². The molecule has 0 aliphatic heterocycles. The van der Waals surface area contributed by atoms with Crippen molar-refractivity contribution in [1.82, 2.24) is 19.9 Å². The highest BCUT2D eigenvalue weighted by atomic mass is 32.2. The molecule has 0 aliphatic rings. The average Bonchev–Trinajstić information content (AvgIpc) is 3.69. The summed E-state index contributed by atoms with van der Waals surface area (Å²) >= 11 is 0. The van der Waals surface area contributed by atoms with E-state index in [2.05, 4.69) is 19.9 Å². The van der Waals surface area contributed by atoms with Gasteiger partial charge in [0.1, 0.15) is 23.3 Å². The quantitative estimate of drug-likeness (QED) is 0.168. The van der Waals surface area contributed by atoms with Crippen LogP contribution >= 0.6 is 0 Å². The van der Waals surface area contributed by atoms with Crippen LogP contribution in [0.1, 0.15) is 0 Å². The van der Waals surface area contributed by atoms with Gasteiger partial charge in [0.25, 0.3) is 0 Å². The maximum atomic E-state index is 13.6. The van der Waals surface area contributed by atoms with Crippen molar-refractivity contribution in [2.45, 2.75) is 10.3 Å². The average molecular weight is 667 g/mol. The molecule has 4 aromatic carbocycles. The fraction of sp³-hybridized carbons (Fsp3) is 0.0625. The SMILES string of the molecule is O=S(=O)(CCS(=O)(=O)c1nc(-c2ccc(F)cc2)c(-c2ccc(F)cc2)[nH]1)c1nc(-c2ccc(F)cc2)c(-c2ccc(F)cc2)[nH]1. The summed E-state index contributed by atoms with van der Waals surface area (Å²) in [5.41, 5.74) is 2.17. The Hall–Kier alpha value is -5.08. The Morgan fingerprint density at radius 3 is 0.978 bits per heavy atom. The van der Waals surface area contributed by atoms with E-state index in [0.29, 0.717) is 22.3 Å². The summed E-state index contributed by atoms with van der Waals surface area (Å²) in [7, 11) is -8.74. The maximum Gasteiger partial charge on any atom is 0.226 e. The highest BCUT2D eigenvalue weighted by molar-refractivity contribution is 7.95. The molecule has 0 bridgehead atoms. The topological polar surface area (TPSA) is 126 Å². The summed E-state index contributed by atoms with van der Waals surface area (Å²) < 4.78 is 108. The van der Waals surface area contributed by atoms with Crippen LogP contribution in [0, 0.1) is 23.3 Å². The number of aromatic amines is 2. The number of benzene rings is 4. The summed E-state index contributed by atoms with van der Waals surface area (Å²) in [6, 6.07) is 20.6.